The average molecular weight is 447 g/mol. The zero-order valence-electron chi connectivity index (χ0n) is 16.9. The Labute approximate surface area is 183 Å². The summed E-state index contributed by atoms with van der Waals surface area (Å²) in [6, 6.07) is 9.09. The van der Waals surface area contributed by atoms with E-state index in [9.17, 15) is 18.8 Å². The van der Waals surface area contributed by atoms with Gasteiger partial charge in [-0.2, -0.15) is 0 Å². The van der Waals surface area contributed by atoms with Crippen molar-refractivity contribution in [2.45, 2.75) is 25.1 Å². The van der Waals surface area contributed by atoms with E-state index in [0.717, 1.165) is 17.3 Å². The van der Waals surface area contributed by atoms with Crippen LogP contribution in [0.5, 0.6) is 11.6 Å². The van der Waals surface area contributed by atoms with E-state index in [2.05, 4.69) is 10.3 Å². The molecule has 1 fully saturated rings. The molecule has 2 amide bonds. The summed E-state index contributed by atoms with van der Waals surface area (Å²) in [7, 11) is 0. The molecule has 1 aromatic heterocycles. The van der Waals surface area contributed by atoms with Gasteiger partial charge in [0, 0.05) is 37.0 Å². The van der Waals surface area contributed by atoms with Crippen LogP contribution in [0.25, 0.3) is 0 Å². The first kappa shape index (κ1) is 22.5. The van der Waals surface area contributed by atoms with Crippen LogP contribution in [0.3, 0.4) is 0 Å². The number of likely N-dealkylation sites (tertiary alicyclic amines) is 1. The number of pyridine rings is 1. The predicted octanol–water partition coefficient (Wildman–Crippen LogP) is 3.12. The maximum atomic E-state index is 13.0. The highest BCUT2D eigenvalue weighted by Gasteiger charge is 2.31. The van der Waals surface area contributed by atoms with Gasteiger partial charge in [0.2, 0.25) is 11.8 Å². The van der Waals surface area contributed by atoms with Crippen molar-refractivity contribution in [1.29, 1.82) is 0 Å². The molecule has 0 radical (unpaired) electrons. The molecule has 0 bridgehead atoms. The van der Waals surface area contributed by atoms with Crippen LogP contribution < -0.4 is 10.1 Å². The zero-order chi connectivity index (χ0) is 22.2. The molecule has 0 unspecified atom stereocenters. The quantitative estimate of drug-likeness (QED) is 0.621. The van der Waals surface area contributed by atoms with Gasteiger partial charge in [0.25, 0.3) is 5.24 Å². The average Bonchev–Trinajstić information content (AvgIpc) is 3.08. The van der Waals surface area contributed by atoms with Crippen molar-refractivity contribution in [1.82, 2.24) is 15.2 Å². The Hall–Kier alpha value is -3.14. The summed E-state index contributed by atoms with van der Waals surface area (Å²) in [5.74, 6) is -0.0755. The molecular weight excluding hydrogens is 425 g/mol. The topological polar surface area (TPSA) is 97.8 Å². The van der Waals surface area contributed by atoms with Crippen molar-refractivity contribution >= 4 is 28.9 Å². The molecule has 1 aromatic carbocycles. The van der Waals surface area contributed by atoms with Crippen molar-refractivity contribution in [3.8, 4) is 11.6 Å². The number of esters is 1. The first-order chi connectivity index (χ1) is 14.9. The van der Waals surface area contributed by atoms with Crippen molar-refractivity contribution in [2.75, 3.05) is 19.7 Å². The number of carbonyl (C=O) groups excluding carboxylic acids is 3. The fourth-order valence-electron chi connectivity index (χ4n) is 2.93. The molecule has 3 rings (SSSR count). The second-order valence-electron chi connectivity index (χ2n) is 6.72. The molecule has 1 aliphatic rings. The summed E-state index contributed by atoms with van der Waals surface area (Å²) in [6.07, 6.45) is 1.86. The first-order valence-electron chi connectivity index (χ1n) is 9.69. The maximum absolute atomic E-state index is 13.0. The van der Waals surface area contributed by atoms with E-state index in [0.29, 0.717) is 24.7 Å². The second-order valence-corrected chi connectivity index (χ2v) is 8.00. The highest BCUT2D eigenvalue weighted by molar-refractivity contribution is 8.14. The third kappa shape index (κ3) is 6.95. The van der Waals surface area contributed by atoms with E-state index in [-0.39, 0.29) is 41.8 Å². The van der Waals surface area contributed by atoms with Gasteiger partial charge in [-0.1, -0.05) is 17.8 Å². The maximum Gasteiger partial charge on any atom is 0.325 e. The number of aromatic nitrogens is 1. The molecule has 164 valence electrons. The molecule has 10 heteroatoms. The van der Waals surface area contributed by atoms with E-state index in [1.54, 1.807) is 30.2 Å². The Morgan fingerprint density at radius 1 is 1.26 bits per heavy atom. The summed E-state index contributed by atoms with van der Waals surface area (Å²) in [4.78, 5) is 41.4. The first-order valence-corrected chi connectivity index (χ1v) is 10.6. The second kappa shape index (κ2) is 10.8. The van der Waals surface area contributed by atoms with Gasteiger partial charge in [-0.05, 0) is 36.8 Å². The smallest absolute Gasteiger partial charge is 0.325 e. The van der Waals surface area contributed by atoms with Gasteiger partial charge in [-0.15, -0.1) is 0 Å². The minimum atomic E-state index is -0.500. The highest BCUT2D eigenvalue weighted by Crippen LogP contribution is 2.26. The number of ether oxygens (including phenoxy) is 2. The number of thioether (sulfide) groups is 1. The van der Waals surface area contributed by atoms with Crippen LogP contribution in [-0.4, -0.2) is 51.9 Å². The number of amides is 2. The molecule has 0 saturated carbocycles. The van der Waals surface area contributed by atoms with Gasteiger partial charge >= 0.3 is 5.97 Å². The van der Waals surface area contributed by atoms with Crippen LogP contribution in [0.1, 0.15) is 18.9 Å². The van der Waals surface area contributed by atoms with E-state index in [1.807, 2.05) is 0 Å². The largest absolute Gasteiger partial charge is 0.465 e. The van der Waals surface area contributed by atoms with E-state index < -0.39 is 5.97 Å². The number of hydrogen-bond donors (Lipinski definition) is 1. The number of rotatable bonds is 8. The summed E-state index contributed by atoms with van der Waals surface area (Å²) in [5, 5.41) is 1.92. The Balaban J connectivity index is 1.46. The fraction of sp³-hybridized carbons (Fsp3) is 0.333. The lowest BCUT2D eigenvalue weighted by atomic mass is 10.2. The van der Waals surface area contributed by atoms with E-state index in [4.69, 9.17) is 9.47 Å². The van der Waals surface area contributed by atoms with Crippen LogP contribution in [0, 0.1) is 5.82 Å². The van der Waals surface area contributed by atoms with Crippen LogP contribution >= 0.6 is 11.8 Å². The fourth-order valence-corrected chi connectivity index (χ4v) is 3.86. The van der Waals surface area contributed by atoms with Crippen molar-refractivity contribution in [3.05, 3.63) is 54.0 Å². The SMILES string of the molecule is CCOC(=O)CNC(=O)S[C@@H]1CC(=O)N(Cc2ccc(Oc3ccc(F)cc3)nc2)C1. The lowest BCUT2D eigenvalue weighted by molar-refractivity contribution is -0.141. The molecule has 1 saturated heterocycles. The van der Waals surface area contributed by atoms with E-state index >= 15 is 0 Å². The summed E-state index contributed by atoms with van der Waals surface area (Å²) >= 11 is 1.01. The molecular formula is C21H22FN3O5S. The van der Waals surface area contributed by atoms with Crippen molar-refractivity contribution < 1.29 is 28.2 Å². The summed E-state index contributed by atoms with van der Waals surface area (Å²) in [5.41, 5.74) is 0.817. The Morgan fingerprint density at radius 2 is 2.03 bits per heavy atom. The lowest BCUT2D eigenvalue weighted by Crippen LogP contribution is -2.29. The van der Waals surface area contributed by atoms with Crippen molar-refractivity contribution in [3.63, 3.8) is 0 Å². The molecule has 1 aliphatic heterocycles. The molecule has 1 atom stereocenters. The molecule has 0 spiro atoms. The molecule has 0 aliphatic carbocycles. The predicted molar refractivity (Wildman–Crippen MR) is 112 cm³/mol. The number of halogens is 1. The number of benzene rings is 1. The van der Waals surface area contributed by atoms with Gasteiger partial charge < -0.3 is 19.7 Å². The molecule has 2 aromatic rings. The van der Waals surface area contributed by atoms with E-state index in [1.165, 1.54) is 24.3 Å². The van der Waals surface area contributed by atoms with Gasteiger partial charge in [0.1, 0.15) is 18.1 Å². The van der Waals surface area contributed by atoms with Gasteiger partial charge in [0.05, 0.1) is 6.61 Å². The summed E-state index contributed by atoms with van der Waals surface area (Å²) in [6.45, 7) is 2.54. The van der Waals surface area contributed by atoms with Gasteiger partial charge in [-0.25, -0.2) is 9.37 Å². The van der Waals surface area contributed by atoms with Gasteiger partial charge in [0.15, 0.2) is 0 Å². The van der Waals surface area contributed by atoms with Crippen LogP contribution in [0.2, 0.25) is 0 Å². The van der Waals surface area contributed by atoms with Gasteiger partial charge in [-0.3, -0.25) is 14.4 Å². The third-order valence-electron chi connectivity index (χ3n) is 4.34. The van der Waals surface area contributed by atoms with Crippen LogP contribution in [0.15, 0.2) is 42.6 Å². The number of hydrogen-bond acceptors (Lipinski definition) is 7. The Kier molecular flexibility index (Phi) is 7.82. The Bertz CT molecular complexity index is 924. The molecule has 31 heavy (non-hydrogen) atoms. The van der Waals surface area contributed by atoms with Crippen molar-refractivity contribution in [2.24, 2.45) is 0 Å². The molecule has 2 heterocycles. The summed E-state index contributed by atoms with van der Waals surface area (Å²) < 4.78 is 23.3. The number of carbonyl (C=O) groups is 3. The minimum Gasteiger partial charge on any atom is -0.465 e. The monoisotopic (exact) mass is 447 g/mol. The number of nitrogens with zero attached hydrogens (tertiary/aromatic N) is 2. The molecule has 8 nitrogen and oxygen atoms in total. The standard InChI is InChI=1S/C21H22FN3O5S/c1-2-29-20(27)11-24-21(28)31-17-9-19(26)25(13-17)12-14-3-8-18(23-10-14)30-16-6-4-15(22)5-7-16/h3-8,10,17H,2,9,11-13H2,1H3,(H,24,28)/t17-/m1/s1. The normalized spacial score (nSPS) is 15.6. The molecule has 1 N–H and O–H groups in total. The van der Waals surface area contributed by atoms with Crippen LogP contribution in [-0.2, 0) is 20.9 Å². The third-order valence-corrected chi connectivity index (χ3v) is 5.35. The minimum absolute atomic E-state index is 0.0534. The number of nitrogens with one attached hydrogen (secondary N) is 1. The van der Waals surface area contributed by atoms with Crippen LogP contribution in [0.4, 0.5) is 9.18 Å². The highest BCUT2D eigenvalue weighted by atomic mass is 32.2. The Morgan fingerprint density at radius 3 is 2.71 bits per heavy atom. The lowest BCUT2D eigenvalue weighted by Gasteiger charge is -2.16. The zero-order valence-corrected chi connectivity index (χ0v) is 17.7.